The van der Waals surface area contributed by atoms with Gasteiger partial charge in [0.05, 0.1) is 11.1 Å². The quantitative estimate of drug-likeness (QED) is 0.167. The molecule has 8 aromatic carbocycles. The third kappa shape index (κ3) is 5.70. The van der Waals surface area contributed by atoms with E-state index in [0.717, 1.165) is 17.1 Å². The van der Waals surface area contributed by atoms with Crippen molar-refractivity contribution in [2.45, 2.75) is 77.0 Å². The number of rotatable bonds is 5. The molecule has 1 spiro atoms. The van der Waals surface area contributed by atoms with Gasteiger partial charge in [-0.05, 0) is 136 Å². The minimum absolute atomic E-state index is 0.0185. The first-order chi connectivity index (χ1) is 31.2. The minimum Gasteiger partial charge on any atom is -0.310 e. The van der Waals surface area contributed by atoms with E-state index < -0.39 is 5.41 Å². The third-order valence-corrected chi connectivity index (χ3v) is 15.2. The summed E-state index contributed by atoms with van der Waals surface area (Å²) in [7, 11) is 0. The maximum Gasteiger partial charge on any atom is 0.0726 e. The second-order valence-corrected chi connectivity index (χ2v) is 21.4. The summed E-state index contributed by atoms with van der Waals surface area (Å²) in [6, 6.07) is 65.6. The molecule has 0 radical (unpaired) electrons. The molecule has 0 unspecified atom stereocenters. The summed E-state index contributed by atoms with van der Waals surface area (Å²) in [5.74, 6) is 0. The van der Waals surface area contributed by atoms with Gasteiger partial charge >= 0.3 is 0 Å². The first kappa shape index (κ1) is 39.6. The second-order valence-electron chi connectivity index (χ2n) is 21.4. The van der Waals surface area contributed by atoms with Crippen LogP contribution in [0.1, 0.15) is 105 Å². The standard InChI is InChI=1S/C64H55N/c1-61(2,3)43-28-32-50-51-33-29-44(62(4,5)6)37-58(51)64(57(50)36-43)56-22-13-10-19-48(56)52-34-30-46(39-59(52)64)65(45-31-35-55-53(38-45)49-20-9-12-21-54(49)63(55,7)8)60-23-14-11-18-47(60)42-26-24-41(25-27-42)40-16-15-17-40/h9-39H,1-8H3. The van der Waals surface area contributed by atoms with Crippen LogP contribution in [0, 0.1) is 0 Å². The van der Waals surface area contributed by atoms with Gasteiger partial charge in [0.1, 0.15) is 0 Å². The summed E-state index contributed by atoms with van der Waals surface area (Å²) < 4.78 is 0. The molecule has 0 aromatic heterocycles. The number of benzene rings is 8. The molecule has 0 saturated heterocycles. The fourth-order valence-electron chi connectivity index (χ4n) is 11.7. The molecule has 1 heteroatoms. The summed E-state index contributed by atoms with van der Waals surface area (Å²) in [4.78, 5) is 2.54. The van der Waals surface area contributed by atoms with E-state index in [1.54, 1.807) is 0 Å². The number of nitrogens with zero attached hydrogens (tertiary/aromatic N) is 1. The molecule has 65 heavy (non-hydrogen) atoms. The van der Waals surface area contributed by atoms with Crippen molar-refractivity contribution in [2.24, 2.45) is 0 Å². The average molecular weight is 838 g/mol. The Hall–Kier alpha value is -6.96. The first-order valence-corrected chi connectivity index (χ1v) is 23.4. The van der Waals surface area contributed by atoms with E-state index in [4.69, 9.17) is 0 Å². The monoisotopic (exact) mass is 837 g/mol. The van der Waals surface area contributed by atoms with Crippen LogP contribution in [0.5, 0.6) is 0 Å². The molecule has 8 aromatic rings. The van der Waals surface area contributed by atoms with Gasteiger partial charge in [-0.1, -0.05) is 213 Å². The SMILES string of the molecule is CC(C)(C)c1ccc2c(c1)C1(c3ccccc3-c3ccc(N(c4ccc5c(c4)-c4ccccc4C5(C)C)c4ccccc4-c4ccc(C5=CC=C5)cc4)cc31)c1cc(C(C)(C)C)ccc1-2. The van der Waals surface area contributed by atoms with Gasteiger partial charge in [0, 0.05) is 22.4 Å². The highest BCUT2D eigenvalue weighted by Gasteiger charge is 2.52. The van der Waals surface area contributed by atoms with E-state index in [1.165, 1.54) is 100 Å². The molecule has 0 amide bonds. The fraction of sp³-hybridized carbons (Fsp3) is 0.188. The van der Waals surface area contributed by atoms with Gasteiger partial charge in [-0.3, -0.25) is 0 Å². The van der Waals surface area contributed by atoms with Gasteiger partial charge in [0.15, 0.2) is 0 Å². The molecule has 316 valence electrons. The summed E-state index contributed by atoms with van der Waals surface area (Å²) in [5.41, 5.74) is 26.6. The van der Waals surface area contributed by atoms with Crippen LogP contribution in [0.4, 0.5) is 17.1 Å². The van der Waals surface area contributed by atoms with Gasteiger partial charge in [0.2, 0.25) is 0 Å². The Labute approximate surface area is 385 Å². The van der Waals surface area contributed by atoms with Gasteiger partial charge in [-0.25, -0.2) is 0 Å². The molecule has 1 nitrogen and oxygen atoms in total. The molecule has 4 aliphatic carbocycles. The lowest BCUT2D eigenvalue weighted by Gasteiger charge is -2.34. The van der Waals surface area contributed by atoms with Crippen LogP contribution in [0.25, 0.3) is 50.1 Å². The zero-order valence-electron chi connectivity index (χ0n) is 38.8. The Morgan fingerprint density at radius 3 is 1.45 bits per heavy atom. The largest absolute Gasteiger partial charge is 0.310 e. The minimum atomic E-state index is -0.512. The number of allylic oxidation sites excluding steroid dienone is 4. The lowest BCUT2D eigenvalue weighted by Crippen LogP contribution is -2.27. The number of fused-ring (bicyclic) bond motifs is 13. The Bertz CT molecular complexity index is 3290. The van der Waals surface area contributed by atoms with Crippen molar-refractivity contribution in [2.75, 3.05) is 4.90 Å². The zero-order chi connectivity index (χ0) is 44.6. The van der Waals surface area contributed by atoms with Crippen LogP contribution < -0.4 is 4.90 Å². The maximum absolute atomic E-state index is 2.56. The average Bonchev–Trinajstić information content (AvgIpc) is 3.83. The molecule has 12 rings (SSSR count). The summed E-state index contributed by atoms with van der Waals surface area (Å²) in [6.45, 7) is 18.8. The van der Waals surface area contributed by atoms with E-state index in [2.05, 4.69) is 248 Å². The van der Waals surface area contributed by atoms with Crippen molar-refractivity contribution >= 4 is 22.6 Å². The highest BCUT2D eigenvalue weighted by Crippen LogP contribution is 2.64. The van der Waals surface area contributed by atoms with E-state index in [1.807, 2.05) is 0 Å². The van der Waals surface area contributed by atoms with Crippen molar-refractivity contribution in [1.82, 2.24) is 0 Å². The molecule has 0 N–H and O–H groups in total. The molecule has 0 fully saturated rings. The summed E-state index contributed by atoms with van der Waals surface area (Å²) in [5, 5.41) is 0. The highest BCUT2D eigenvalue weighted by molar-refractivity contribution is 5.98. The van der Waals surface area contributed by atoms with E-state index in [-0.39, 0.29) is 16.2 Å². The normalized spacial score (nSPS) is 15.4. The molecule has 4 aliphatic rings. The van der Waals surface area contributed by atoms with Gasteiger partial charge in [0.25, 0.3) is 0 Å². The maximum atomic E-state index is 2.56. The molecule has 0 bridgehead atoms. The molecular formula is C64H55N. The molecule has 0 saturated carbocycles. The smallest absolute Gasteiger partial charge is 0.0726 e. The molecular weight excluding hydrogens is 783 g/mol. The zero-order valence-corrected chi connectivity index (χ0v) is 38.8. The Morgan fingerprint density at radius 2 is 0.846 bits per heavy atom. The predicted molar refractivity (Wildman–Crippen MR) is 275 cm³/mol. The summed E-state index contributed by atoms with van der Waals surface area (Å²) >= 11 is 0. The Morgan fingerprint density at radius 1 is 0.385 bits per heavy atom. The van der Waals surface area contributed by atoms with Crippen LogP contribution in [0.15, 0.2) is 188 Å². The Balaban J connectivity index is 1.14. The summed E-state index contributed by atoms with van der Waals surface area (Å²) in [6.07, 6.45) is 6.49. The van der Waals surface area contributed by atoms with Crippen molar-refractivity contribution in [3.8, 4) is 44.5 Å². The number of para-hydroxylation sites is 1. The molecule has 0 aliphatic heterocycles. The van der Waals surface area contributed by atoms with Crippen molar-refractivity contribution in [3.63, 3.8) is 0 Å². The lowest BCUT2D eigenvalue weighted by atomic mass is 9.68. The van der Waals surface area contributed by atoms with Crippen molar-refractivity contribution in [3.05, 3.63) is 238 Å². The lowest BCUT2D eigenvalue weighted by molar-refractivity contribution is 0.586. The van der Waals surface area contributed by atoms with Crippen LogP contribution >= 0.6 is 0 Å². The predicted octanol–water partition coefficient (Wildman–Crippen LogP) is 17.0. The van der Waals surface area contributed by atoms with E-state index >= 15 is 0 Å². The van der Waals surface area contributed by atoms with Gasteiger partial charge in [-0.2, -0.15) is 0 Å². The second kappa shape index (κ2) is 13.8. The topological polar surface area (TPSA) is 3.24 Å². The van der Waals surface area contributed by atoms with Gasteiger partial charge < -0.3 is 4.90 Å². The first-order valence-electron chi connectivity index (χ1n) is 23.4. The van der Waals surface area contributed by atoms with Gasteiger partial charge in [-0.15, -0.1) is 0 Å². The third-order valence-electron chi connectivity index (χ3n) is 15.2. The van der Waals surface area contributed by atoms with E-state index in [9.17, 15) is 0 Å². The molecule has 0 heterocycles. The van der Waals surface area contributed by atoms with E-state index in [0.29, 0.717) is 0 Å². The van der Waals surface area contributed by atoms with Crippen molar-refractivity contribution < 1.29 is 0 Å². The van der Waals surface area contributed by atoms with Crippen molar-refractivity contribution in [1.29, 1.82) is 0 Å². The number of anilines is 3. The highest BCUT2D eigenvalue weighted by atomic mass is 15.1. The number of hydrogen-bond acceptors (Lipinski definition) is 1. The molecule has 0 atom stereocenters. The Kier molecular flexibility index (Phi) is 8.40. The number of hydrogen-bond donors (Lipinski definition) is 0. The van der Waals surface area contributed by atoms with Crippen LogP contribution in [0.2, 0.25) is 0 Å². The van der Waals surface area contributed by atoms with Crippen LogP contribution in [0.3, 0.4) is 0 Å². The van der Waals surface area contributed by atoms with Crippen LogP contribution in [-0.2, 0) is 21.7 Å². The fourth-order valence-corrected chi connectivity index (χ4v) is 11.7. The van der Waals surface area contributed by atoms with Crippen LogP contribution in [-0.4, -0.2) is 0 Å².